The van der Waals surface area contributed by atoms with Gasteiger partial charge in [0.15, 0.2) is 5.78 Å². The van der Waals surface area contributed by atoms with E-state index in [1.807, 2.05) is 26.1 Å². The van der Waals surface area contributed by atoms with Gasteiger partial charge in [-0.05, 0) is 38.1 Å². The highest BCUT2D eigenvalue weighted by molar-refractivity contribution is 6.31. The van der Waals surface area contributed by atoms with Crippen LogP contribution in [0.15, 0.2) is 30.5 Å². The van der Waals surface area contributed by atoms with Crippen LogP contribution in [0, 0.1) is 5.82 Å². The van der Waals surface area contributed by atoms with E-state index >= 15 is 0 Å². The molecule has 19 heavy (non-hydrogen) atoms. The zero-order valence-corrected chi connectivity index (χ0v) is 11.5. The fourth-order valence-electron chi connectivity index (χ4n) is 1.70. The van der Waals surface area contributed by atoms with Gasteiger partial charge in [-0.3, -0.25) is 9.48 Å². The molecule has 2 rings (SSSR count). The van der Waals surface area contributed by atoms with E-state index in [1.165, 1.54) is 18.2 Å². The van der Waals surface area contributed by atoms with Gasteiger partial charge in [-0.2, -0.15) is 5.10 Å². The summed E-state index contributed by atoms with van der Waals surface area (Å²) in [6, 6.07) is 6.04. The topological polar surface area (TPSA) is 34.9 Å². The van der Waals surface area contributed by atoms with Crippen molar-refractivity contribution in [1.82, 2.24) is 9.78 Å². The predicted octanol–water partition coefficient (Wildman–Crippen LogP) is 3.68. The van der Waals surface area contributed by atoms with Crippen LogP contribution in [-0.2, 0) is 6.42 Å². The fourth-order valence-corrected chi connectivity index (χ4v) is 1.88. The largest absolute Gasteiger partial charge is 0.294 e. The molecule has 1 heterocycles. The molecule has 0 radical (unpaired) electrons. The molecule has 0 saturated heterocycles. The zero-order chi connectivity index (χ0) is 14.0. The van der Waals surface area contributed by atoms with Crippen molar-refractivity contribution in [3.63, 3.8) is 0 Å². The highest BCUT2D eigenvalue weighted by atomic mass is 35.5. The van der Waals surface area contributed by atoms with Crippen molar-refractivity contribution in [2.45, 2.75) is 26.3 Å². The average molecular weight is 281 g/mol. The lowest BCUT2D eigenvalue weighted by Gasteiger charge is -2.04. The Balaban J connectivity index is 2.13. The van der Waals surface area contributed by atoms with Crippen LogP contribution in [0.1, 0.15) is 35.9 Å². The summed E-state index contributed by atoms with van der Waals surface area (Å²) in [7, 11) is 0. The Morgan fingerprint density at radius 1 is 1.42 bits per heavy atom. The quantitative estimate of drug-likeness (QED) is 0.801. The maximum Gasteiger partial charge on any atom is 0.168 e. The number of ketones is 1. The smallest absolute Gasteiger partial charge is 0.168 e. The molecule has 0 aliphatic heterocycles. The lowest BCUT2D eigenvalue weighted by atomic mass is 10.1. The Hall–Kier alpha value is -1.68. The van der Waals surface area contributed by atoms with Gasteiger partial charge in [0.1, 0.15) is 5.82 Å². The first kappa shape index (κ1) is 13.7. The summed E-state index contributed by atoms with van der Waals surface area (Å²) in [6.45, 7) is 4.02. The molecule has 5 heteroatoms. The minimum atomic E-state index is -0.526. The van der Waals surface area contributed by atoms with Gasteiger partial charge in [0.2, 0.25) is 0 Å². The monoisotopic (exact) mass is 280 g/mol. The third-order valence-corrected chi connectivity index (χ3v) is 3.07. The van der Waals surface area contributed by atoms with Crippen LogP contribution in [0.25, 0.3) is 0 Å². The highest BCUT2D eigenvalue weighted by Crippen LogP contribution is 2.17. The van der Waals surface area contributed by atoms with Gasteiger partial charge in [-0.15, -0.1) is 0 Å². The SMILES string of the molecule is CC(C)n1ccc(CC(=O)c2ccc(F)c(Cl)c2)n1. The second-order valence-electron chi connectivity index (χ2n) is 4.61. The van der Waals surface area contributed by atoms with E-state index in [0.717, 1.165) is 0 Å². The Bertz CT molecular complexity index is 607. The first-order valence-electron chi connectivity index (χ1n) is 5.99. The Labute approximate surface area is 116 Å². The van der Waals surface area contributed by atoms with Gasteiger partial charge in [0.05, 0.1) is 17.1 Å². The number of halogens is 2. The third-order valence-electron chi connectivity index (χ3n) is 2.78. The van der Waals surface area contributed by atoms with Crippen LogP contribution in [0.5, 0.6) is 0 Å². The molecule has 100 valence electrons. The number of carbonyl (C=O) groups excluding carboxylic acids is 1. The van der Waals surface area contributed by atoms with Crippen molar-refractivity contribution in [2.24, 2.45) is 0 Å². The zero-order valence-electron chi connectivity index (χ0n) is 10.7. The highest BCUT2D eigenvalue weighted by Gasteiger charge is 2.12. The van der Waals surface area contributed by atoms with E-state index in [2.05, 4.69) is 5.10 Å². The van der Waals surface area contributed by atoms with E-state index in [9.17, 15) is 9.18 Å². The molecule has 0 fully saturated rings. The van der Waals surface area contributed by atoms with Crippen LogP contribution in [0.3, 0.4) is 0 Å². The number of benzene rings is 1. The molecule has 0 bridgehead atoms. The van der Waals surface area contributed by atoms with Crippen LogP contribution in [0.2, 0.25) is 5.02 Å². The lowest BCUT2D eigenvalue weighted by molar-refractivity contribution is 0.0991. The molecule has 0 spiro atoms. The summed E-state index contributed by atoms with van der Waals surface area (Å²) >= 11 is 5.66. The van der Waals surface area contributed by atoms with E-state index in [-0.39, 0.29) is 23.3 Å². The van der Waals surface area contributed by atoms with Crippen molar-refractivity contribution >= 4 is 17.4 Å². The molecule has 1 aromatic heterocycles. The molecular weight excluding hydrogens is 267 g/mol. The summed E-state index contributed by atoms with van der Waals surface area (Å²) in [5, 5.41) is 4.26. The van der Waals surface area contributed by atoms with E-state index in [4.69, 9.17) is 11.6 Å². The van der Waals surface area contributed by atoms with Gasteiger partial charge in [0.25, 0.3) is 0 Å². The van der Waals surface area contributed by atoms with Gasteiger partial charge >= 0.3 is 0 Å². The fraction of sp³-hybridized carbons (Fsp3) is 0.286. The average Bonchev–Trinajstić information content (AvgIpc) is 2.81. The van der Waals surface area contributed by atoms with E-state index < -0.39 is 5.82 Å². The number of Topliss-reactive ketones (excluding diaryl/α,β-unsaturated/α-hetero) is 1. The number of nitrogens with zero attached hydrogens (tertiary/aromatic N) is 2. The number of hydrogen-bond acceptors (Lipinski definition) is 2. The molecule has 0 atom stereocenters. The maximum atomic E-state index is 13.0. The minimum Gasteiger partial charge on any atom is -0.294 e. The maximum absolute atomic E-state index is 13.0. The number of aromatic nitrogens is 2. The molecule has 3 nitrogen and oxygen atoms in total. The molecule has 0 aliphatic carbocycles. The first-order valence-corrected chi connectivity index (χ1v) is 6.37. The predicted molar refractivity (Wildman–Crippen MR) is 72.1 cm³/mol. The van der Waals surface area contributed by atoms with E-state index in [0.29, 0.717) is 11.3 Å². The second-order valence-corrected chi connectivity index (χ2v) is 5.02. The van der Waals surface area contributed by atoms with Crippen LogP contribution < -0.4 is 0 Å². The van der Waals surface area contributed by atoms with E-state index in [1.54, 1.807) is 4.68 Å². The normalized spacial score (nSPS) is 11.0. The third kappa shape index (κ3) is 3.20. The molecule has 0 aliphatic rings. The summed E-state index contributed by atoms with van der Waals surface area (Å²) < 4.78 is 14.8. The summed E-state index contributed by atoms with van der Waals surface area (Å²) in [4.78, 5) is 12.0. The first-order chi connectivity index (χ1) is 8.97. The molecule has 0 saturated carbocycles. The Morgan fingerprint density at radius 3 is 2.74 bits per heavy atom. The Morgan fingerprint density at radius 2 is 2.16 bits per heavy atom. The molecule has 0 N–H and O–H groups in total. The summed E-state index contributed by atoms with van der Waals surface area (Å²) in [6.07, 6.45) is 2.02. The second kappa shape index (κ2) is 5.53. The number of hydrogen-bond donors (Lipinski definition) is 0. The van der Waals surface area contributed by atoms with Crippen LogP contribution >= 0.6 is 11.6 Å². The summed E-state index contributed by atoms with van der Waals surface area (Å²) in [5.74, 6) is -0.654. The molecule has 1 aromatic carbocycles. The lowest BCUT2D eigenvalue weighted by Crippen LogP contribution is -2.06. The van der Waals surface area contributed by atoms with Crippen molar-refractivity contribution in [2.75, 3.05) is 0 Å². The molecule has 2 aromatic rings. The number of rotatable bonds is 4. The van der Waals surface area contributed by atoms with Crippen molar-refractivity contribution < 1.29 is 9.18 Å². The van der Waals surface area contributed by atoms with Crippen molar-refractivity contribution in [3.8, 4) is 0 Å². The van der Waals surface area contributed by atoms with Crippen LogP contribution in [0.4, 0.5) is 4.39 Å². The minimum absolute atomic E-state index is 0.0430. The van der Waals surface area contributed by atoms with Gasteiger partial charge < -0.3 is 0 Å². The van der Waals surface area contributed by atoms with Crippen molar-refractivity contribution in [1.29, 1.82) is 0 Å². The molecular formula is C14H14ClFN2O. The van der Waals surface area contributed by atoms with Crippen molar-refractivity contribution in [3.05, 3.63) is 52.6 Å². The van der Waals surface area contributed by atoms with Crippen LogP contribution in [-0.4, -0.2) is 15.6 Å². The standard InChI is InChI=1S/C14H14ClFN2O/c1-9(2)18-6-5-11(17-18)8-14(19)10-3-4-13(16)12(15)7-10/h3-7,9H,8H2,1-2H3. The van der Waals surface area contributed by atoms with Gasteiger partial charge in [0, 0.05) is 17.8 Å². The molecule has 0 unspecified atom stereocenters. The van der Waals surface area contributed by atoms with Gasteiger partial charge in [-0.1, -0.05) is 11.6 Å². The molecule has 0 amide bonds. The number of carbonyl (C=O) groups is 1. The van der Waals surface area contributed by atoms with Gasteiger partial charge in [-0.25, -0.2) is 4.39 Å². The Kier molecular flexibility index (Phi) is 4.00. The summed E-state index contributed by atoms with van der Waals surface area (Å²) in [5.41, 5.74) is 1.09.